The SMILES string of the molecule is Cc1ccc(F)c2oc(CNC3CC3)c(CC(C)C)c12. The summed E-state index contributed by atoms with van der Waals surface area (Å²) in [6.07, 6.45) is 3.42. The highest BCUT2D eigenvalue weighted by Crippen LogP contribution is 2.33. The van der Waals surface area contributed by atoms with Gasteiger partial charge >= 0.3 is 0 Å². The molecule has 2 nitrogen and oxygen atoms in total. The van der Waals surface area contributed by atoms with E-state index in [0.29, 0.717) is 24.1 Å². The fourth-order valence-corrected chi connectivity index (χ4v) is 2.75. The summed E-state index contributed by atoms with van der Waals surface area (Å²) in [5.41, 5.74) is 2.70. The van der Waals surface area contributed by atoms with E-state index < -0.39 is 0 Å². The summed E-state index contributed by atoms with van der Waals surface area (Å²) in [7, 11) is 0. The maximum absolute atomic E-state index is 14.0. The van der Waals surface area contributed by atoms with E-state index in [0.717, 1.165) is 23.1 Å². The average molecular weight is 275 g/mol. The third-order valence-corrected chi connectivity index (χ3v) is 3.92. The molecule has 1 N–H and O–H groups in total. The Hall–Kier alpha value is -1.35. The van der Waals surface area contributed by atoms with Gasteiger partial charge in [0.1, 0.15) is 5.76 Å². The quantitative estimate of drug-likeness (QED) is 0.878. The Kier molecular flexibility index (Phi) is 3.55. The first-order valence-electron chi connectivity index (χ1n) is 7.49. The monoisotopic (exact) mass is 275 g/mol. The van der Waals surface area contributed by atoms with Crippen LogP contribution in [0.4, 0.5) is 4.39 Å². The number of aryl methyl sites for hydroxylation is 1. The average Bonchev–Trinajstić information content (AvgIpc) is 3.14. The van der Waals surface area contributed by atoms with Crippen molar-refractivity contribution in [2.24, 2.45) is 5.92 Å². The molecule has 1 aromatic carbocycles. The van der Waals surface area contributed by atoms with E-state index in [-0.39, 0.29) is 5.82 Å². The van der Waals surface area contributed by atoms with Crippen molar-refractivity contribution < 1.29 is 8.81 Å². The topological polar surface area (TPSA) is 25.2 Å². The fourth-order valence-electron chi connectivity index (χ4n) is 2.75. The lowest BCUT2D eigenvalue weighted by atomic mass is 9.97. The molecule has 1 fully saturated rings. The van der Waals surface area contributed by atoms with Gasteiger partial charge in [-0.2, -0.15) is 0 Å². The molecule has 0 bridgehead atoms. The van der Waals surface area contributed by atoms with Crippen LogP contribution < -0.4 is 5.32 Å². The molecule has 1 aromatic heterocycles. The number of fused-ring (bicyclic) bond motifs is 1. The second kappa shape index (κ2) is 5.21. The van der Waals surface area contributed by atoms with Crippen molar-refractivity contribution >= 4 is 11.0 Å². The molecule has 0 atom stereocenters. The molecule has 20 heavy (non-hydrogen) atoms. The van der Waals surface area contributed by atoms with E-state index in [2.05, 4.69) is 19.2 Å². The molecule has 0 radical (unpaired) electrons. The molecular weight excluding hydrogens is 253 g/mol. The summed E-state index contributed by atoms with van der Waals surface area (Å²) >= 11 is 0. The lowest BCUT2D eigenvalue weighted by molar-refractivity contribution is 0.484. The molecule has 1 heterocycles. The summed E-state index contributed by atoms with van der Waals surface area (Å²) in [5, 5.41) is 4.45. The zero-order valence-corrected chi connectivity index (χ0v) is 12.4. The van der Waals surface area contributed by atoms with Crippen LogP contribution in [0.2, 0.25) is 0 Å². The number of benzene rings is 1. The van der Waals surface area contributed by atoms with Crippen LogP contribution in [-0.4, -0.2) is 6.04 Å². The summed E-state index contributed by atoms with van der Waals surface area (Å²) in [6, 6.07) is 3.97. The molecule has 3 heteroatoms. The Labute approximate surface area is 119 Å². The van der Waals surface area contributed by atoms with E-state index in [1.807, 2.05) is 13.0 Å². The first-order valence-corrected chi connectivity index (χ1v) is 7.49. The summed E-state index contributed by atoms with van der Waals surface area (Å²) < 4.78 is 19.8. The highest BCUT2D eigenvalue weighted by molar-refractivity contribution is 5.86. The Bertz CT molecular complexity index is 625. The third-order valence-electron chi connectivity index (χ3n) is 3.92. The summed E-state index contributed by atoms with van der Waals surface area (Å²) in [5.74, 6) is 1.18. The van der Waals surface area contributed by atoms with Crippen molar-refractivity contribution in [3.8, 4) is 0 Å². The molecule has 0 unspecified atom stereocenters. The number of nitrogens with one attached hydrogen (secondary N) is 1. The zero-order valence-electron chi connectivity index (χ0n) is 12.4. The number of hydrogen-bond donors (Lipinski definition) is 1. The first kappa shape index (κ1) is 13.6. The minimum atomic E-state index is -0.256. The van der Waals surface area contributed by atoms with Crippen molar-refractivity contribution in [2.45, 2.75) is 52.6 Å². The minimum absolute atomic E-state index is 0.256. The van der Waals surface area contributed by atoms with Crippen LogP contribution in [0.25, 0.3) is 11.0 Å². The molecule has 3 rings (SSSR count). The molecule has 1 aliphatic rings. The molecule has 2 aromatic rings. The lowest BCUT2D eigenvalue weighted by Gasteiger charge is -2.08. The van der Waals surface area contributed by atoms with Crippen LogP contribution in [0, 0.1) is 18.7 Å². The van der Waals surface area contributed by atoms with Gasteiger partial charge < -0.3 is 9.73 Å². The van der Waals surface area contributed by atoms with Gasteiger partial charge in [-0.05, 0) is 43.7 Å². The van der Waals surface area contributed by atoms with Crippen LogP contribution in [-0.2, 0) is 13.0 Å². The van der Waals surface area contributed by atoms with Gasteiger partial charge in [-0.3, -0.25) is 0 Å². The van der Waals surface area contributed by atoms with Gasteiger partial charge in [0.2, 0.25) is 0 Å². The van der Waals surface area contributed by atoms with Crippen LogP contribution in [0.5, 0.6) is 0 Å². The normalized spacial score (nSPS) is 15.4. The van der Waals surface area contributed by atoms with Gasteiger partial charge in [0, 0.05) is 17.0 Å². The fraction of sp³-hybridized carbons (Fsp3) is 0.529. The van der Waals surface area contributed by atoms with E-state index in [1.165, 1.54) is 24.5 Å². The highest BCUT2D eigenvalue weighted by Gasteiger charge is 2.24. The van der Waals surface area contributed by atoms with Gasteiger partial charge in [0.15, 0.2) is 11.4 Å². The molecule has 0 aliphatic heterocycles. The smallest absolute Gasteiger partial charge is 0.170 e. The molecular formula is C17H22FNO. The van der Waals surface area contributed by atoms with Gasteiger partial charge in [0.05, 0.1) is 6.54 Å². The zero-order chi connectivity index (χ0) is 14.3. The number of furan rings is 1. The van der Waals surface area contributed by atoms with Gasteiger partial charge in [-0.15, -0.1) is 0 Å². The second-order valence-corrected chi connectivity index (χ2v) is 6.33. The van der Waals surface area contributed by atoms with Gasteiger partial charge in [0.25, 0.3) is 0 Å². The van der Waals surface area contributed by atoms with Crippen molar-refractivity contribution in [1.29, 1.82) is 0 Å². The largest absolute Gasteiger partial charge is 0.456 e. The molecule has 0 saturated heterocycles. The molecule has 0 amide bonds. The second-order valence-electron chi connectivity index (χ2n) is 6.33. The van der Waals surface area contributed by atoms with Crippen LogP contribution in [0.3, 0.4) is 0 Å². The van der Waals surface area contributed by atoms with Crippen molar-refractivity contribution in [2.75, 3.05) is 0 Å². The number of hydrogen-bond acceptors (Lipinski definition) is 2. The maximum Gasteiger partial charge on any atom is 0.170 e. The Morgan fingerprint density at radius 2 is 2.10 bits per heavy atom. The van der Waals surface area contributed by atoms with E-state index in [4.69, 9.17) is 4.42 Å². The van der Waals surface area contributed by atoms with E-state index in [1.54, 1.807) is 0 Å². The standard InChI is InChI=1S/C17H22FNO/c1-10(2)8-13-15(9-19-12-5-6-12)20-17-14(18)7-4-11(3)16(13)17/h4,7,10,12,19H,5-6,8-9H2,1-3H3. The summed E-state index contributed by atoms with van der Waals surface area (Å²) in [6.45, 7) is 7.11. The molecule has 108 valence electrons. The van der Waals surface area contributed by atoms with E-state index in [9.17, 15) is 4.39 Å². The lowest BCUT2D eigenvalue weighted by Crippen LogP contribution is -2.16. The Balaban J connectivity index is 2.05. The minimum Gasteiger partial charge on any atom is -0.456 e. The number of rotatable bonds is 5. The predicted molar refractivity (Wildman–Crippen MR) is 79.3 cm³/mol. The van der Waals surface area contributed by atoms with Crippen molar-refractivity contribution in [1.82, 2.24) is 5.32 Å². The van der Waals surface area contributed by atoms with Crippen LogP contribution >= 0.6 is 0 Å². The van der Waals surface area contributed by atoms with Crippen LogP contribution in [0.15, 0.2) is 16.5 Å². The van der Waals surface area contributed by atoms with Gasteiger partial charge in [-0.25, -0.2) is 4.39 Å². The summed E-state index contributed by atoms with van der Waals surface area (Å²) in [4.78, 5) is 0. The maximum atomic E-state index is 14.0. The van der Waals surface area contributed by atoms with Crippen molar-refractivity contribution in [3.63, 3.8) is 0 Å². The molecule has 1 aliphatic carbocycles. The highest BCUT2D eigenvalue weighted by atomic mass is 19.1. The molecule has 0 spiro atoms. The predicted octanol–water partition coefficient (Wildman–Crippen LogP) is 4.33. The molecule has 1 saturated carbocycles. The van der Waals surface area contributed by atoms with Crippen molar-refractivity contribution in [3.05, 3.63) is 34.8 Å². The van der Waals surface area contributed by atoms with E-state index >= 15 is 0 Å². The Morgan fingerprint density at radius 3 is 2.75 bits per heavy atom. The van der Waals surface area contributed by atoms with Gasteiger partial charge in [-0.1, -0.05) is 19.9 Å². The Morgan fingerprint density at radius 1 is 1.35 bits per heavy atom. The number of halogens is 1. The van der Waals surface area contributed by atoms with Crippen LogP contribution in [0.1, 0.15) is 43.6 Å². The third kappa shape index (κ3) is 2.59. The first-order chi connectivity index (χ1) is 9.56.